The molecule has 0 saturated heterocycles. The first kappa shape index (κ1) is 15.6. The van der Waals surface area contributed by atoms with Gasteiger partial charge in [0.2, 0.25) is 0 Å². The van der Waals surface area contributed by atoms with Crippen molar-refractivity contribution >= 4 is 10.8 Å². The molecular weight excluding hydrogens is 296 g/mol. The summed E-state index contributed by atoms with van der Waals surface area (Å²) in [7, 11) is -0.162. The van der Waals surface area contributed by atoms with Crippen LogP contribution in [0.5, 0.6) is 5.75 Å². The molecule has 0 aliphatic rings. The highest BCUT2D eigenvalue weighted by Crippen LogP contribution is 2.20. The van der Waals surface area contributed by atoms with Crippen LogP contribution in [0.25, 0.3) is 0 Å². The van der Waals surface area contributed by atoms with Crippen molar-refractivity contribution in [1.82, 2.24) is 0 Å². The zero-order valence-corrected chi connectivity index (χ0v) is 12.2. The molecule has 0 amide bonds. The molecule has 2 rings (SSSR count). The van der Waals surface area contributed by atoms with Crippen LogP contribution in [0.1, 0.15) is 11.6 Å². The zero-order valence-electron chi connectivity index (χ0n) is 11.4. The van der Waals surface area contributed by atoms with Crippen LogP contribution in [0.15, 0.2) is 47.4 Å². The van der Waals surface area contributed by atoms with Gasteiger partial charge in [0.25, 0.3) is 0 Å². The SMILES string of the molecule is COc1ccc(C(N)CS(=O)c2cc(F)ccc2F)cc1. The molecule has 2 N–H and O–H groups in total. The Morgan fingerprint density at radius 2 is 1.86 bits per heavy atom. The normalized spacial score (nSPS) is 13.7. The van der Waals surface area contributed by atoms with Crippen LogP contribution < -0.4 is 10.5 Å². The summed E-state index contributed by atoms with van der Waals surface area (Å²) in [6.07, 6.45) is 0. The molecule has 21 heavy (non-hydrogen) atoms. The number of halogens is 2. The summed E-state index contributed by atoms with van der Waals surface area (Å²) in [5.74, 6) is -0.634. The topological polar surface area (TPSA) is 52.3 Å². The van der Waals surface area contributed by atoms with Gasteiger partial charge in [-0.25, -0.2) is 8.78 Å². The second kappa shape index (κ2) is 6.78. The van der Waals surface area contributed by atoms with E-state index in [0.29, 0.717) is 5.75 Å². The Labute approximate surface area is 124 Å². The molecule has 6 heteroatoms. The molecule has 0 aliphatic carbocycles. The van der Waals surface area contributed by atoms with Gasteiger partial charge in [0.15, 0.2) is 0 Å². The molecule has 0 aliphatic heterocycles. The van der Waals surface area contributed by atoms with Crippen molar-refractivity contribution in [2.45, 2.75) is 10.9 Å². The van der Waals surface area contributed by atoms with Gasteiger partial charge in [-0.3, -0.25) is 4.21 Å². The van der Waals surface area contributed by atoms with E-state index in [-0.39, 0.29) is 10.6 Å². The fourth-order valence-corrected chi connectivity index (χ4v) is 3.08. The van der Waals surface area contributed by atoms with Crippen LogP contribution in [0, 0.1) is 11.6 Å². The summed E-state index contributed by atoms with van der Waals surface area (Å²) in [5.41, 5.74) is 6.71. The van der Waals surface area contributed by atoms with Crippen LogP contribution in [0.4, 0.5) is 8.78 Å². The van der Waals surface area contributed by atoms with Crippen molar-refractivity contribution in [1.29, 1.82) is 0 Å². The van der Waals surface area contributed by atoms with Crippen LogP contribution in [0.3, 0.4) is 0 Å². The van der Waals surface area contributed by atoms with Gasteiger partial charge < -0.3 is 10.5 Å². The minimum Gasteiger partial charge on any atom is -0.497 e. The second-order valence-corrected chi connectivity index (χ2v) is 5.93. The number of hydrogen-bond acceptors (Lipinski definition) is 3. The lowest BCUT2D eigenvalue weighted by molar-refractivity contribution is 0.414. The average molecular weight is 311 g/mol. The molecular formula is C15H15F2NO2S. The molecule has 112 valence electrons. The lowest BCUT2D eigenvalue weighted by Crippen LogP contribution is -2.19. The minimum atomic E-state index is -1.71. The fourth-order valence-electron chi connectivity index (χ4n) is 1.85. The largest absolute Gasteiger partial charge is 0.497 e. The minimum absolute atomic E-state index is 0.00665. The third-order valence-corrected chi connectivity index (χ3v) is 4.48. The first-order valence-electron chi connectivity index (χ1n) is 6.24. The highest BCUT2D eigenvalue weighted by Gasteiger charge is 2.16. The van der Waals surface area contributed by atoms with E-state index in [1.165, 1.54) is 0 Å². The molecule has 2 aromatic rings. The molecule has 3 nitrogen and oxygen atoms in total. The molecule has 0 spiro atoms. The summed E-state index contributed by atoms with van der Waals surface area (Å²) < 4.78 is 43.8. The number of ether oxygens (including phenoxy) is 1. The van der Waals surface area contributed by atoms with Crippen molar-refractivity contribution in [2.75, 3.05) is 12.9 Å². The standard InChI is InChI=1S/C15H15F2NO2S/c1-20-12-5-2-10(3-6-12)14(18)9-21(19)15-8-11(16)4-7-13(15)17/h2-8,14H,9,18H2,1H3. The van der Waals surface area contributed by atoms with Crippen LogP contribution in [-0.2, 0) is 10.8 Å². The Morgan fingerprint density at radius 3 is 2.48 bits per heavy atom. The van der Waals surface area contributed by atoms with Gasteiger partial charge in [-0.1, -0.05) is 12.1 Å². The van der Waals surface area contributed by atoms with Crippen molar-refractivity contribution < 1.29 is 17.7 Å². The van der Waals surface area contributed by atoms with Crippen molar-refractivity contribution in [3.8, 4) is 5.75 Å². The summed E-state index contributed by atoms with van der Waals surface area (Å²) in [6.45, 7) is 0. The third kappa shape index (κ3) is 3.86. The van der Waals surface area contributed by atoms with E-state index < -0.39 is 28.5 Å². The Balaban J connectivity index is 2.12. The first-order valence-corrected chi connectivity index (χ1v) is 7.56. The summed E-state index contributed by atoms with van der Waals surface area (Å²) in [6, 6.07) is 9.32. The van der Waals surface area contributed by atoms with E-state index >= 15 is 0 Å². The summed E-state index contributed by atoms with van der Waals surface area (Å²) in [4.78, 5) is -0.168. The smallest absolute Gasteiger partial charge is 0.139 e. The third-order valence-electron chi connectivity index (χ3n) is 3.01. The maximum absolute atomic E-state index is 13.6. The lowest BCUT2D eigenvalue weighted by atomic mass is 10.1. The van der Waals surface area contributed by atoms with Gasteiger partial charge in [0, 0.05) is 11.8 Å². The van der Waals surface area contributed by atoms with E-state index in [4.69, 9.17) is 10.5 Å². The van der Waals surface area contributed by atoms with Crippen molar-refractivity contribution in [3.63, 3.8) is 0 Å². The lowest BCUT2D eigenvalue weighted by Gasteiger charge is -2.13. The molecule has 0 saturated carbocycles. The quantitative estimate of drug-likeness (QED) is 0.924. The summed E-state index contributed by atoms with van der Waals surface area (Å²) >= 11 is 0. The number of rotatable bonds is 5. The maximum Gasteiger partial charge on any atom is 0.139 e. The van der Waals surface area contributed by atoms with Crippen LogP contribution >= 0.6 is 0 Å². The maximum atomic E-state index is 13.6. The van der Waals surface area contributed by atoms with Gasteiger partial charge in [-0.2, -0.15) is 0 Å². The molecule has 0 aromatic heterocycles. The highest BCUT2D eigenvalue weighted by atomic mass is 32.2. The highest BCUT2D eigenvalue weighted by molar-refractivity contribution is 7.85. The predicted molar refractivity (Wildman–Crippen MR) is 77.6 cm³/mol. The Bertz CT molecular complexity index is 647. The monoisotopic (exact) mass is 311 g/mol. The van der Waals surface area contributed by atoms with Gasteiger partial charge in [-0.15, -0.1) is 0 Å². The number of benzene rings is 2. The number of methoxy groups -OCH3 is 1. The van der Waals surface area contributed by atoms with Crippen LogP contribution in [0.2, 0.25) is 0 Å². The van der Waals surface area contributed by atoms with Gasteiger partial charge >= 0.3 is 0 Å². The molecule has 2 atom stereocenters. The summed E-state index contributed by atoms with van der Waals surface area (Å²) in [5, 5.41) is 0. The fraction of sp³-hybridized carbons (Fsp3) is 0.200. The molecule has 2 aromatic carbocycles. The van der Waals surface area contributed by atoms with E-state index in [2.05, 4.69) is 0 Å². The van der Waals surface area contributed by atoms with Gasteiger partial charge in [0.05, 0.1) is 22.8 Å². The van der Waals surface area contributed by atoms with E-state index in [1.807, 2.05) is 0 Å². The van der Waals surface area contributed by atoms with E-state index in [9.17, 15) is 13.0 Å². The van der Waals surface area contributed by atoms with Gasteiger partial charge in [-0.05, 0) is 35.9 Å². The predicted octanol–water partition coefficient (Wildman–Crippen LogP) is 2.78. The average Bonchev–Trinajstić information content (AvgIpc) is 2.49. The number of hydrogen-bond donors (Lipinski definition) is 1. The van der Waals surface area contributed by atoms with Gasteiger partial charge in [0.1, 0.15) is 17.4 Å². The molecule has 0 fully saturated rings. The Kier molecular flexibility index (Phi) is 5.03. The van der Waals surface area contributed by atoms with Crippen molar-refractivity contribution in [3.05, 3.63) is 59.7 Å². The Morgan fingerprint density at radius 1 is 1.19 bits per heavy atom. The Hall–Kier alpha value is -1.79. The van der Waals surface area contributed by atoms with E-state index in [0.717, 1.165) is 23.8 Å². The molecule has 2 unspecified atom stereocenters. The second-order valence-electron chi connectivity index (χ2n) is 4.47. The molecule has 0 bridgehead atoms. The van der Waals surface area contributed by atoms with E-state index in [1.54, 1.807) is 31.4 Å². The first-order chi connectivity index (χ1) is 10.0. The van der Waals surface area contributed by atoms with Crippen LogP contribution in [-0.4, -0.2) is 17.1 Å². The molecule has 0 heterocycles. The van der Waals surface area contributed by atoms with Crippen molar-refractivity contribution in [2.24, 2.45) is 5.73 Å². The molecule has 0 radical (unpaired) electrons. The number of nitrogens with two attached hydrogens (primary N) is 1. The zero-order chi connectivity index (χ0) is 15.4.